The molecular weight excluding hydrogens is 256 g/mol. The quantitative estimate of drug-likeness (QED) is 0.856. The van der Waals surface area contributed by atoms with Crippen molar-refractivity contribution in [2.45, 2.75) is 25.4 Å². The van der Waals surface area contributed by atoms with Gasteiger partial charge < -0.3 is 11.1 Å². The number of aryl methyl sites for hydroxylation is 1. The normalized spacial score (nSPS) is 23.7. The third-order valence-electron chi connectivity index (χ3n) is 2.60. The highest BCUT2D eigenvalue weighted by Crippen LogP contribution is 2.20. The second-order valence-electron chi connectivity index (χ2n) is 3.94. The van der Waals surface area contributed by atoms with Crippen molar-refractivity contribution in [3.8, 4) is 0 Å². The summed E-state index contributed by atoms with van der Waals surface area (Å²) < 4.78 is 0.915. The second-order valence-corrected chi connectivity index (χ2v) is 4.85. The van der Waals surface area contributed by atoms with Crippen LogP contribution in [0.5, 0.6) is 0 Å². The van der Waals surface area contributed by atoms with Crippen LogP contribution in [0.1, 0.15) is 22.3 Å². The Hall–Kier alpha value is -0.870. The highest BCUT2D eigenvalue weighted by Gasteiger charge is 2.35. The number of rotatable bonds is 2. The first kappa shape index (κ1) is 10.6. The van der Waals surface area contributed by atoms with Crippen LogP contribution in [0.25, 0.3) is 0 Å². The summed E-state index contributed by atoms with van der Waals surface area (Å²) in [6.45, 7) is 1.92. The molecule has 0 bridgehead atoms. The van der Waals surface area contributed by atoms with Crippen molar-refractivity contribution >= 4 is 21.8 Å². The van der Waals surface area contributed by atoms with Crippen molar-refractivity contribution in [2.24, 2.45) is 5.73 Å². The summed E-state index contributed by atoms with van der Waals surface area (Å²) in [6, 6.07) is 5.98. The second kappa shape index (κ2) is 3.94. The van der Waals surface area contributed by atoms with Gasteiger partial charge in [0.1, 0.15) is 0 Å². The van der Waals surface area contributed by atoms with E-state index in [0.717, 1.165) is 16.5 Å². The molecule has 1 amide bonds. The number of hydrogen-bond donors (Lipinski definition) is 2. The third-order valence-corrected chi connectivity index (χ3v) is 3.09. The summed E-state index contributed by atoms with van der Waals surface area (Å²) in [7, 11) is 0. The number of hydrogen-bond acceptors (Lipinski definition) is 2. The Morgan fingerprint density at radius 1 is 1.60 bits per heavy atom. The largest absolute Gasteiger partial charge is 0.348 e. The molecule has 2 unspecified atom stereocenters. The third kappa shape index (κ3) is 2.38. The van der Waals surface area contributed by atoms with Crippen LogP contribution in [0.4, 0.5) is 0 Å². The highest BCUT2D eigenvalue weighted by atomic mass is 79.9. The molecule has 0 heterocycles. The van der Waals surface area contributed by atoms with Crippen molar-refractivity contribution in [2.75, 3.05) is 0 Å². The Morgan fingerprint density at radius 2 is 2.27 bits per heavy atom. The van der Waals surface area contributed by atoms with Gasteiger partial charge in [-0.25, -0.2) is 0 Å². The van der Waals surface area contributed by atoms with E-state index in [-0.39, 0.29) is 18.0 Å². The Balaban J connectivity index is 2.14. The van der Waals surface area contributed by atoms with Crippen LogP contribution in [0.15, 0.2) is 22.7 Å². The van der Waals surface area contributed by atoms with Gasteiger partial charge in [0.25, 0.3) is 5.91 Å². The standard InChI is InChI=1S/C11H13BrN2O/c1-6-2-3-7(12)4-8(6)11(15)14-10-5-9(10)13/h2-4,9-10H,5,13H2,1H3,(H,14,15). The van der Waals surface area contributed by atoms with Gasteiger partial charge in [-0.3, -0.25) is 4.79 Å². The maximum absolute atomic E-state index is 11.8. The predicted molar refractivity (Wildman–Crippen MR) is 62.7 cm³/mol. The molecule has 4 heteroatoms. The van der Waals surface area contributed by atoms with E-state index in [2.05, 4.69) is 21.2 Å². The van der Waals surface area contributed by atoms with Gasteiger partial charge >= 0.3 is 0 Å². The molecule has 2 atom stereocenters. The molecule has 1 aromatic rings. The van der Waals surface area contributed by atoms with Crippen LogP contribution in [0, 0.1) is 6.92 Å². The number of amides is 1. The lowest BCUT2D eigenvalue weighted by molar-refractivity contribution is 0.0949. The van der Waals surface area contributed by atoms with E-state index in [1.807, 2.05) is 25.1 Å². The van der Waals surface area contributed by atoms with Crippen molar-refractivity contribution in [3.05, 3.63) is 33.8 Å². The van der Waals surface area contributed by atoms with Crippen LogP contribution >= 0.6 is 15.9 Å². The van der Waals surface area contributed by atoms with Gasteiger partial charge in [0, 0.05) is 22.1 Å². The topological polar surface area (TPSA) is 55.1 Å². The van der Waals surface area contributed by atoms with Gasteiger partial charge in [0.15, 0.2) is 0 Å². The van der Waals surface area contributed by atoms with Crippen LogP contribution < -0.4 is 11.1 Å². The summed E-state index contributed by atoms with van der Waals surface area (Å²) in [5, 5.41) is 2.90. The summed E-state index contributed by atoms with van der Waals surface area (Å²) >= 11 is 3.35. The fourth-order valence-corrected chi connectivity index (χ4v) is 1.83. The Morgan fingerprint density at radius 3 is 2.87 bits per heavy atom. The van der Waals surface area contributed by atoms with E-state index >= 15 is 0 Å². The van der Waals surface area contributed by atoms with E-state index in [1.165, 1.54) is 0 Å². The van der Waals surface area contributed by atoms with Crippen LogP contribution in [0.2, 0.25) is 0 Å². The van der Waals surface area contributed by atoms with Crippen molar-refractivity contribution < 1.29 is 4.79 Å². The first-order valence-corrected chi connectivity index (χ1v) is 5.70. The Kier molecular flexibility index (Phi) is 2.80. The SMILES string of the molecule is Cc1ccc(Br)cc1C(=O)NC1CC1N. The first-order chi connectivity index (χ1) is 7.08. The molecule has 1 saturated carbocycles. The Bertz CT molecular complexity index is 406. The average Bonchev–Trinajstić information content (AvgIpc) is 2.86. The predicted octanol–water partition coefficient (Wildman–Crippen LogP) is 1.59. The molecule has 1 aliphatic carbocycles. The fraction of sp³-hybridized carbons (Fsp3) is 0.364. The molecule has 0 saturated heterocycles. The zero-order chi connectivity index (χ0) is 11.0. The van der Waals surface area contributed by atoms with E-state index < -0.39 is 0 Å². The van der Waals surface area contributed by atoms with Crippen molar-refractivity contribution in [3.63, 3.8) is 0 Å². The molecule has 2 rings (SSSR count). The minimum atomic E-state index is -0.0354. The smallest absolute Gasteiger partial charge is 0.251 e. The number of carbonyl (C=O) groups is 1. The summed E-state index contributed by atoms with van der Waals surface area (Å²) in [5.74, 6) is -0.0354. The van der Waals surface area contributed by atoms with Crippen molar-refractivity contribution in [1.29, 1.82) is 0 Å². The lowest BCUT2D eigenvalue weighted by Crippen LogP contribution is -2.30. The molecular formula is C11H13BrN2O. The molecule has 1 aromatic carbocycles. The van der Waals surface area contributed by atoms with E-state index in [9.17, 15) is 4.79 Å². The maximum Gasteiger partial charge on any atom is 0.251 e. The fourth-order valence-electron chi connectivity index (χ4n) is 1.47. The molecule has 0 aliphatic heterocycles. The van der Waals surface area contributed by atoms with Gasteiger partial charge in [0.05, 0.1) is 0 Å². The number of halogens is 1. The summed E-state index contributed by atoms with van der Waals surface area (Å²) in [6.07, 6.45) is 0.888. The molecule has 1 aliphatic rings. The van der Waals surface area contributed by atoms with Gasteiger partial charge in [0.2, 0.25) is 0 Å². The van der Waals surface area contributed by atoms with E-state index in [4.69, 9.17) is 5.73 Å². The number of nitrogens with one attached hydrogen (secondary N) is 1. The van der Waals surface area contributed by atoms with Crippen molar-refractivity contribution in [1.82, 2.24) is 5.32 Å². The Labute approximate surface area is 97.2 Å². The monoisotopic (exact) mass is 268 g/mol. The van der Waals surface area contributed by atoms with Crippen LogP contribution in [-0.4, -0.2) is 18.0 Å². The van der Waals surface area contributed by atoms with Gasteiger partial charge in [-0.15, -0.1) is 0 Å². The molecule has 0 radical (unpaired) electrons. The molecule has 3 N–H and O–H groups in total. The van der Waals surface area contributed by atoms with E-state index in [1.54, 1.807) is 0 Å². The van der Waals surface area contributed by atoms with Gasteiger partial charge in [-0.1, -0.05) is 22.0 Å². The molecule has 80 valence electrons. The molecule has 15 heavy (non-hydrogen) atoms. The lowest BCUT2D eigenvalue weighted by Gasteiger charge is -2.07. The highest BCUT2D eigenvalue weighted by molar-refractivity contribution is 9.10. The summed E-state index contributed by atoms with van der Waals surface area (Å²) in [4.78, 5) is 11.8. The number of benzene rings is 1. The zero-order valence-electron chi connectivity index (χ0n) is 8.46. The van der Waals surface area contributed by atoms with Gasteiger partial charge in [-0.2, -0.15) is 0 Å². The van der Waals surface area contributed by atoms with Gasteiger partial charge in [-0.05, 0) is 31.0 Å². The minimum absolute atomic E-state index is 0.0354. The molecule has 0 spiro atoms. The number of nitrogens with two attached hydrogens (primary N) is 1. The maximum atomic E-state index is 11.8. The first-order valence-electron chi connectivity index (χ1n) is 4.90. The molecule has 1 fully saturated rings. The van der Waals surface area contributed by atoms with Crippen LogP contribution in [-0.2, 0) is 0 Å². The molecule has 0 aromatic heterocycles. The van der Waals surface area contributed by atoms with E-state index in [0.29, 0.717) is 5.56 Å². The lowest BCUT2D eigenvalue weighted by atomic mass is 10.1. The minimum Gasteiger partial charge on any atom is -0.348 e. The van der Waals surface area contributed by atoms with Crippen LogP contribution in [0.3, 0.4) is 0 Å². The number of carbonyl (C=O) groups excluding carboxylic acids is 1. The summed E-state index contributed by atoms with van der Waals surface area (Å²) in [5.41, 5.74) is 7.33. The molecule has 3 nitrogen and oxygen atoms in total. The zero-order valence-corrected chi connectivity index (χ0v) is 10.0. The average molecular weight is 269 g/mol.